The third kappa shape index (κ3) is 6.16. The van der Waals surface area contributed by atoms with Crippen LogP contribution in [0.15, 0.2) is 6.20 Å². The molecule has 0 aliphatic heterocycles. The zero-order chi connectivity index (χ0) is 15.6. The summed E-state index contributed by atoms with van der Waals surface area (Å²) in [5, 5.41) is 17.5. The minimum absolute atomic E-state index is 0.0260. The zero-order valence-electron chi connectivity index (χ0n) is 14.1. The number of hydrogen-bond donors (Lipinski definition) is 1. The summed E-state index contributed by atoms with van der Waals surface area (Å²) in [5.41, 5.74) is 0.713. The molecule has 4 nitrogen and oxygen atoms in total. The van der Waals surface area contributed by atoms with Crippen molar-refractivity contribution in [1.82, 2.24) is 15.0 Å². The van der Waals surface area contributed by atoms with E-state index in [-0.39, 0.29) is 12.1 Å². The van der Waals surface area contributed by atoms with Crippen molar-refractivity contribution < 1.29 is 5.11 Å². The molecule has 0 atom stereocenters. The molecule has 1 aromatic heterocycles. The molecule has 0 spiro atoms. The fourth-order valence-electron chi connectivity index (χ4n) is 2.85. The lowest BCUT2D eigenvalue weighted by molar-refractivity contribution is 0.222. The number of aliphatic hydroxyl groups is 1. The average molecular weight is 295 g/mol. The maximum Gasteiger partial charge on any atom is 0.108 e. The molecule has 122 valence electrons. The highest BCUT2D eigenvalue weighted by Gasteiger charge is 2.27. The molecule has 1 rings (SSSR count). The predicted octanol–water partition coefficient (Wildman–Crippen LogP) is 4.43. The van der Waals surface area contributed by atoms with E-state index in [0.717, 1.165) is 12.8 Å². The second-order valence-corrected chi connectivity index (χ2v) is 6.43. The van der Waals surface area contributed by atoms with Crippen molar-refractivity contribution in [3.8, 4) is 0 Å². The van der Waals surface area contributed by atoms with Crippen LogP contribution in [0.25, 0.3) is 0 Å². The molecule has 0 radical (unpaired) electrons. The van der Waals surface area contributed by atoms with Crippen LogP contribution in [0.3, 0.4) is 0 Å². The lowest BCUT2D eigenvalue weighted by Gasteiger charge is -2.30. The third-order valence-electron chi connectivity index (χ3n) is 4.39. The van der Waals surface area contributed by atoms with Crippen molar-refractivity contribution in [2.45, 2.75) is 97.1 Å². The van der Waals surface area contributed by atoms with Crippen molar-refractivity contribution in [2.24, 2.45) is 0 Å². The highest BCUT2D eigenvalue weighted by molar-refractivity contribution is 4.94. The van der Waals surface area contributed by atoms with E-state index in [1.807, 2.05) is 10.9 Å². The van der Waals surface area contributed by atoms with Gasteiger partial charge in [-0.2, -0.15) is 0 Å². The second-order valence-electron chi connectivity index (χ2n) is 6.43. The Morgan fingerprint density at radius 1 is 1.00 bits per heavy atom. The number of aromatic nitrogens is 3. The Kier molecular flexibility index (Phi) is 8.58. The first-order valence-electron chi connectivity index (χ1n) is 8.69. The molecule has 0 amide bonds. The van der Waals surface area contributed by atoms with Crippen molar-refractivity contribution >= 4 is 0 Å². The molecule has 0 aliphatic rings. The van der Waals surface area contributed by atoms with E-state index in [1.165, 1.54) is 51.4 Å². The van der Waals surface area contributed by atoms with Gasteiger partial charge in [-0.1, -0.05) is 70.4 Å². The summed E-state index contributed by atoms with van der Waals surface area (Å²) in [6.07, 6.45) is 14.4. The van der Waals surface area contributed by atoms with E-state index >= 15 is 0 Å². The van der Waals surface area contributed by atoms with Crippen LogP contribution in [0.5, 0.6) is 0 Å². The normalized spacial score (nSPS) is 12.0. The van der Waals surface area contributed by atoms with Crippen LogP contribution in [-0.2, 0) is 12.1 Å². The van der Waals surface area contributed by atoms with E-state index in [9.17, 15) is 5.11 Å². The Bertz CT molecular complexity index is 364. The summed E-state index contributed by atoms with van der Waals surface area (Å²) in [6.45, 7) is 6.76. The van der Waals surface area contributed by atoms with E-state index < -0.39 is 0 Å². The van der Waals surface area contributed by atoms with Crippen LogP contribution in [0.2, 0.25) is 0 Å². The van der Waals surface area contributed by atoms with Crippen LogP contribution in [-0.4, -0.2) is 20.1 Å². The van der Waals surface area contributed by atoms with Gasteiger partial charge in [-0.05, 0) is 19.8 Å². The fraction of sp³-hybridized carbons (Fsp3) is 0.882. The van der Waals surface area contributed by atoms with E-state index in [1.54, 1.807) is 0 Å². The van der Waals surface area contributed by atoms with E-state index in [4.69, 9.17) is 0 Å². The van der Waals surface area contributed by atoms with Crippen molar-refractivity contribution in [1.29, 1.82) is 0 Å². The molecule has 4 heteroatoms. The van der Waals surface area contributed by atoms with Gasteiger partial charge < -0.3 is 5.11 Å². The Labute approximate surface area is 129 Å². The standard InChI is InChI=1S/C17H33N3O/c1-4-6-8-10-12-17(3,13-11-9-7-5-2)20-14-16(15-21)18-19-20/h14,21H,4-13,15H2,1-3H3. The largest absolute Gasteiger partial charge is 0.390 e. The molecule has 1 aromatic rings. The Morgan fingerprint density at radius 2 is 1.57 bits per heavy atom. The molecular formula is C17H33N3O. The predicted molar refractivity (Wildman–Crippen MR) is 87.1 cm³/mol. The molecule has 0 unspecified atom stereocenters. The second kappa shape index (κ2) is 9.93. The van der Waals surface area contributed by atoms with Gasteiger partial charge in [-0.15, -0.1) is 5.10 Å². The van der Waals surface area contributed by atoms with Gasteiger partial charge in [-0.25, -0.2) is 4.68 Å². The number of nitrogens with zero attached hydrogens (tertiary/aromatic N) is 3. The Hall–Kier alpha value is -0.900. The van der Waals surface area contributed by atoms with Gasteiger partial charge in [0.05, 0.1) is 18.3 Å². The molecule has 0 fully saturated rings. The minimum Gasteiger partial charge on any atom is -0.390 e. The third-order valence-corrected chi connectivity index (χ3v) is 4.39. The van der Waals surface area contributed by atoms with Gasteiger partial charge in [0.25, 0.3) is 0 Å². The monoisotopic (exact) mass is 295 g/mol. The molecule has 1 heterocycles. The summed E-state index contributed by atoms with van der Waals surface area (Å²) in [7, 11) is 0. The van der Waals surface area contributed by atoms with Gasteiger partial charge in [0.2, 0.25) is 0 Å². The van der Waals surface area contributed by atoms with Gasteiger partial charge in [0.15, 0.2) is 0 Å². The number of hydrogen-bond acceptors (Lipinski definition) is 3. The quantitative estimate of drug-likeness (QED) is 0.580. The van der Waals surface area contributed by atoms with Crippen LogP contribution < -0.4 is 0 Å². The van der Waals surface area contributed by atoms with Crippen LogP contribution in [0.1, 0.15) is 90.7 Å². The van der Waals surface area contributed by atoms with Crippen LogP contribution in [0, 0.1) is 0 Å². The minimum atomic E-state index is -0.0260. The first-order chi connectivity index (χ1) is 10.2. The molecule has 0 saturated carbocycles. The van der Waals surface area contributed by atoms with Crippen molar-refractivity contribution in [2.75, 3.05) is 0 Å². The van der Waals surface area contributed by atoms with Crippen molar-refractivity contribution in [3.63, 3.8) is 0 Å². The number of unbranched alkanes of at least 4 members (excludes halogenated alkanes) is 6. The topological polar surface area (TPSA) is 50.9 Å². The first kappa shape index (κ1) is 18.1. The Morgan fingerprint density at radius 3 is 2.00 bits per heavy atom. The van der Waals surface area contributed by atoms with Gasteiger partial charge in [0.1, 0.15) is 5.69 Å². The molecule has 21 heavy (non-hydrogen) atoms. The molecule has 0 bridgehead atoms. The molecule has 0 saturated heterocycles. The Balaban J connectivity index is 2.62. The summed E-state index contributed by atoms with van der Waals surface area (Å²) < 4.78 is 2.00. The summed E-state index contributed by atoms with van der Waals surface area (Å²) in [4.78, 5) is 0. The number of rotatable bonds is 12. The van der Waals surface area contributed by atoms with E-state index in [2.05, 4.69) is 31.1 Å². The average Bonchev–Trinajstić information content (AvgIpc) is 2.98. The lowest BCUT2D eigenvalue weighted by Crippen LogP contribution is -2.31. The summed E-state index contributed by atoms with van der Waals surface area (Å²) in [5.74, 6) is 0. The molecular weight excluding hydrogens is 262 g/mol. The van der Waals surface area contributed by atoms with Gasteiger partial charge >= 0.3 is 0 Å². The highest BCUT2D eigenvalue weighted by Crippen LogP contribution is 2.29. The lowest BCUT2D eigenvalue weighted by atomic mass is 9.88. The SMILES string of the molecule is CCCCCCC(C)(CCCCCC)n1cc(CO)nn1. The highest BCUT2D eigenvalue weighted by atomic mass is 16.3. The molecule has 0 aliphatic carbocycles. The zero-order valence-corrected chi connectivity index (χ0v) is 14.1. The fourth-order valence-corrected chi connectivity index (χ4v) is 2.85. The van der Waals surface area contributed by atoms with Gasteiger partial charge in [0, 0.05) is 0 Å². The maximum atomic E-state index is 9.19. The summed E-state index contributed by atoms with van der Waals surface area (Å²) >= 11 is 0. The smallest absolute Gasteiger partial charge is 0.108 e. The summed E-state index contributed by atoms with van der Waals surface area (Å²) in [6, 6.07) is 0. The van der Waals surface area contributed by atoms with Crippen LogP contribution in [0.4, 0.5) is 0 Å². The maximum absolute atomic E-state index is 9.19. The van der Waals surface area contributed by atoms with Gasteiger partial charge in [-0.3, -0.25) is 0 Å². The van der Waals surface area contributed by atoms with E-state index in [0.29, 0.717) is 5.69 Å². The van der Waals surface area contributed by atoms with Crippen molar-refractivity contribution in [3.05, 3.63) is 11.9 Å². The van der Waals surface area contributed by atoms with Crippen LogP contribution >= 0.6 is 0 Å². The molecule has 1 N–H and O–H groups in total. The first-order valence-corrected chi connectivity index (χ1v) is 8.69. The molecule has 0 aromatic carbocycles. The number of aliphatic hydroxyl groups excluding tert-OH is 1.